The normalized spacial score (nSPS) is 16.2. The van der Waals surface area contributed by atoms with Crippen LogP contribution in [0.25, 0.3) is 11.3 Å². The summed E-state index contributed by atoms with van der Waals surface area (Å²) in [5, 5.41) is 11.6. The number of hydrogen-bond acceptors (Lipinski definition) is 6. The van der Waals surface area contributed by atoms with Crippen LogP contribution in [-0.4, -0.2) is 53.0 Å². The molecule has 1 amide bonds. The molecule has 0 aliphatic carbocycles. The number of benzene rings is 2. The van der Waals surface area contributed by atoms with Crippen LogP contribution in [-0.2, 0) is 11.2 Å². The molecule has 36 heavy (non-hydrogen) atoms. The average Bonchev–Trinajstić information content (AvgIpc) is 3.04. The van der Waals surface area contributed by atoms with Crippen molar-refractivity contribution in [3.05, 3.63) is 59.7 Å². The minimum atomic E-state index is -2.75. The molecule has 0 radical (unpaired) electrons. The number of carbonyl (C=O) groups is 1. The van der Waals surface area contributed by atoms with Gasteiger partial charge in [0, 0.05) is 43.2 Å². The van der Waals surface area contributed by atoms with Crippen LogP contribution in [0.3, 0.4) is 0 Å². The van der Waals surface area contributed by atoms with Gasteiger partial charge >= 0.3 is 0 Å². The molecule has 0 spiro atoms. The van der Waals surface area contributed by atoms with E-state index < -0.39 is 23.0 Å². The van der Waals surface area contributed by atoms with Crippen LogP contribution < -0.4 is 15.0 Å². The molecule has 0 bridgehead atoms. The summed E-state index contributed by atoms with van der Waals surface area (Å²) >= 11 is -1.22. The van der Waals surface area contributed by atoms with Crippen molar-refractivity contribution in [2.45, 2.75) is 37.0 Å². The van der Waals surface area contributed by atoms with E-state index in [0.717, 1.165) is 5.56 Å². The highest BCUT2D eigenvalue weighted by molar-refractivity contribution is 7.90. The Morgan fingerprint density at radius 1 is 1.14 bits per heavy atom. The van der Waals surface area contributed by atoms with Crippen molar-refractivity contribution in [1.29, 1.82) is 0 Å². The van der Waals surface area contributed by atoms with E-state index in [4.69, 9.17) is 4.74 Å². The first-order valence-corrected chi connectivity index (χ1v) is 13.1. The summed E-state index contributed by atoms with van der Waals surface area (Å²) in [4.78, 5) is 15.9. The Morgan fingerprint density at radius 3 is 2.58 bits per heavy atom. The number of aromatic nitrogens is 2. The molecule has 1 unspecified atom stereocenters. The van der Waals surface area contributed by atoms with Gasteiger partial charge < -0.3 is 19.5 Å². The quantitative estimate of drug-likeness (QED) is 0.462. The van der Waals surface area contributed by atoms with E-state index in [0.29, 0.717) is 34.1 Å². The van der Waals surface area contributed by atoms with Crippen molar-refractivity contribution >= 4 is 28.6 Å². The van der Waals surface area contributed by atoms with Crippen LogP contribution >= 0.6 is 0 Å². The zero-order valence-electron chi connectivity index (χ0n) is 20.4. The monoisotopic (exact) mass is 514 g/mol. The van der Waals surface area contributed by atoms with Gasteiger partial charge in [-0.1, -0.05) is 6.07 Å². The van der Waals surface area contributed by atoms with Gasteiger partial charge in [0.05, 0.1) is 18.4 Å². The second kappa shape index (κ2) is 10.8. The summed E-state index contributed by atoms with van der Waals surface area (Å²) in [6.07, 6.45) is 1.31. The third kappa shape index (κ3) is 5.76. The molecule has 190 valence electrons. The number of methoxy groups -OCH3 is 1. The Morgan fingerprint density at radius 2 is 1.89 bits per heavy atom. The van der Waals surface area contributed by atoms with Crippen molar-refractivity contribution in [2.24, 2.45) is 0 Å². The number of hydrogen-bond donors (Lipinski definition) is 1. The minimum Gasteiger partial charge on any atom is -0.612 e. The van der Waals surface area contributed by atoms with Gasteiger partial charge in [0.15, 0.2) is 10.7 Å². The van der Waals surface area contributed by atoms with Crippen molar-refractivity contribution in [3.63, 3.8) is 0 Å². The van der Waals surface area contributed by atoms with Crippen LogP contribution in [0, 0.1) is 6.92 Å². The number of anilines is 2. The topological polar surface area (TPSA) is 90.4 Å². The average molecular weight is 515 g/mol. The Labute approximate surface area is 212 Å². The molecular weight excluding hydrogens is 486 g/mol. The van der Waals surface area contributed by atoms with Crippen LogP contribution in [0.2, 0.25) is 0 Å². The van der Waals surface area contributed by atoms with Crippen molar-refractivity contribution < 1.29 is 22.9 Å². The molecule has 1 fully saturated rings. The SMILES string of the molecule is COc1ccc(-c2nnc(N3CCCC(F)(F)CC3)c(C(=O)Nc3cccc([S+](C)[O-])c3)c2C)cc1. The first kappa shape index (κ1) is 25.8. The van der Waals surface area contributed by atoms with Crippen LogP contribution in [0.15, 0.2) is 53.4 Å². The molecule has 3 aromatic rings. The van der Waals surface area contributed by atoms with E-state index in [1.54, 1.807) is 61.6 Å². The van der Waals surface area contributed by atoms with Gasteiger partial charge in [-0.25, -0.2) is 8.78 Å². The molecule has 1 saturated heterocycles. The lowest BCUT2D eigenvalue weighted by Crippen LogP contribution is -2.30. The zero-order valence-corrected chi connectivity index (χ0v) is 21.2. The summed E-state index contributed by atoms with van der Waals surface area (Å²) in [6.45, 7) is 2.18. The van der Waals surface area contributed by atoms with E-state index in [1.165, 1.54) is 0 Å². The molecule has 2 heterocycles. The third-order valence-corrected chi connectivity index (χ3v) is 7.15. The highest BCUT2D eigenvalue weighted by atomic mass is 32.2. The minimum absolute atomic E-state index is 0.0631. The molecule has 1 atom stereocenters. The lowest BCUT2D eigenvalue weighted by Gasteiger charge is -2.25. The van der Waals surface area contributed by atoms with Crippen LogP contribution in [0.1, 0.15) is 35.2 Å². The Hall–Kier alpha value is -3.24. The summed E-state index contributed by atoms with van der Waals surface area (Å²) in [5.74, 6) is -2.24. The maximum Gasteiger partial charge on any atom is 0.259 e. The predicted molar refractivity (Wildman–Crippen MR) is 136 cm³/mol. The van der Waals surface area contributed by atoms with E-state index >= 15 is 0 Å². The van der Waals surface area contributed by atoms with Gasteiger partial charge in [0.1, 0.15) is 12.0 Å². The Kier molecular flexibility index (Phi) is 7.75. The number of ether oxygens (including phenoxy) is 1. The van der Waals surface area contributed by atoms with Gasteiger partial charge in [-0.15, -0.1) is 10.2 Å². The number of halogens is 2. The predicted octanol–water partition coefficient (Wildman–Crippen LogP) is 5.08. The summed E-state index contributed by atoms with van der Waals surface area (Å²) < 4.78 is 45.2. The highest BCUT2D eigenvalue weighted by Gasteiger charge is 2.34. The number of nitrogens with zero attached hydrogens (tertiary/aromatic N) is 3. The van der Waals surface area contributed by atoms with Gasteiger partial charge in [0.2, 0.25) is 5.92 Å². The Balaban J connectivity index is 1.76. The van der Waals surface area contributed by atoms with Crippen LogP contribution in [0.5, 0.6) is 5.75 Å². The fraction of sp³-hybridized carbons (Fsp3) is 0.346. The molecule has 1 N–H and O–H groups in total. The first-order valence-electron chi connectivity index (χ1n) is 11.6. The second-order valence-electron chi connectivity index (χ2n) is 8.73. The number of nitrogens with one attached hydrogen (secondary N) is 1. The highest BCUT2D eigenvalue weighted by Crippen LogP contribution is 2.34. The lowest BCUT2D eigenvalue weighted by atomic mass is 10.0. The third-order valence-electron chi connectivity index (χ3n) is 6.23. The van der Waals surface area contributed by atoms with Gasteiger partial charge in [-0.2, -0.15) is 0 Å². The smallest absolute Gasteiger partial charge is 0.259 e. The molecule has 1 aliphatic heterocycles. The zero-order chi connectivity index (χ0) is 25.9. The number of carbonyl (C=O) groups excluding carboxylic acids is 1. The van der Waals surface area contributed by atoms with E-state index in [-0.39, 0.29) is 37.2 Å². The Bertz CT molecular complexity index is 1240. The van der Waals surface area contributed by atoms with Crippen molar-refractivity contribution in [3.8, 4) is 17.0 Å². The maximum atomic E-state index is 14.1. The molecule has 4 rings (SSSR count). The molecule has 0 saturated carbocycles. The lowest BCUT2D eigenvalue weighted by molar-refractivity contribution is -0.0102. The fourth-order valence-electron chi connectivity index (χ4n) is 4.25. The number of alkyl halides is 2. The molecule has 1 aliphatic rings. The first-order chi connectivity index (χ1) is 17.2. The van der Waals surface area contributed by atoms with Gasteiger partial charge in [-0.3, -0.25) is 4.79 Å². The molecule has 10 heteroatoms. The van der Waals surface area contributed by atoms with Crippen molar-refractivity contribution in [2.75, 3.05) is 36.7 Å². The van der Waals surface area contributed by atoms with Crippen molar-refractivity contribution in [1.82, 2.24) is 10.2 Å². The molecule has 2 aromatic carbocycles. The molecule has 1 aromatic heterocycles. The fourth-order valence-corrected chi connectivity index (χ4v) is 4.81. The van der Waals surface area contributed by atoms with Gasteiger partial charge in [0.25, 0.3) is 5.91 Å². The summed E-state index contributed by atoms with van der Waals surface area (Å²) in [6, 6.07) is 14.0. The number of rotatable bonds is 6. The second-order valence-corrected chi connectivity index (χ2v) is 10.1. The van der Waals surface area contributed by atoms with E-state index in [2.05, 4.69) is 15.5 Å². The standard InChI is InChI=1S/C26H28F2N4O3S/c1-17-22(25(33)29-19-6-4-7-21(16-19)36(3)34)24(32-14-5-12-26(27,28)13-15-32)31-30-23(17)18-8-10-20(35-2)11-9-18/h4,6-11,16H,5,12-15H2,1-3H3,(H,29,33). The largest absolute Gasteiger partial charge is 0.612 e. The van der Waals surface area contributed by atoms with E-state index in [1.807, 2.05) is 12.1 Å². The van der Waals surface area contributed by atoms with Gasteiger partial charge in [-0.05, 0) is 66.5 Å². The molecule has 7 nitrogen and oxygen atoms in total. The number of amides is 1. The summed E-state index contributed by atoms with van der Waals surface area (Å²) in [5.41, 5.74) is 2.57. The van der Waals surface area contributed by atoms with Crippen LogP contribution in [0.4, 0.5) is 20.3 Å². The summed E-state index contributed by atoms with van der Waals surface area (Å²) in [7, 11) is 1.57. The molecular formula is C26H28F2N4O3S. The van der Waals surface area contributed by atoms with E-state index in [9.17, 15) is 18.1 Å². The maximum absolute atomic E-state index is 14.1.